The van der Waals surface area contributed by atoms with Crippen LogP contribution in [0.25, 0.3) is 0 Å². The van der Waals surface area contributed by atoms with E-state index in [1.165, 1.54) is 10.9 Å². The Kier molecular flexibility index (Phi) is 5.20. The molecule has 3 heterocycles. The van der Waals surface area contributed by atoms with Crippen molar-refractivity contribution in [3.8, 4) is 5.75 Å². The van der Waals surface area contributed by atoms with Gasteiger partial charge in [0.15, 0.2) is 0 Å². The van der Waals surface area contributed by atoms with E-state index in [4.69, 9.17) is 9.47 Å². The number of aromatic nitrogens is 2. The molecule has 0 N–H and O–H groups in total. The standard InChI is InChI=1S/C20H27N3O4S/c1-14(2)11-26-12-15-9-23(28(24,25)16-8-21-22(3)10-16)20-17-6-4-5-7-19(17)27-13-18(15)20/h4-8,10,14-15,18,20H,9,11-13H2,1-3H3/t15-,18-,20-/m0/s1. The van der Waals surface area contributed by atoms with Gasteiger partial charge in [0.25, 0.3) is 0 Å². The maximum absolute atomic E-state index is 13.4. The van der Waals surface area contributed by atoms with Crippen LogP contribution in [0.5, 0.6) is 5.75 Å². The highest BCUT2D eigenvalue weighted by molar-refractivity contribution is 7.89. The normalized spacial score (nSPS) is 24.8. The van der Waals surface area contributed by atoms with Crippen molar-refractivity contribution in [2.24, 2.45) is 24.8 Å². The van der Waals surface area contributed by atoms with Crippen molar-refractivity contribution < 1.29 is 17.9 Å². The molecule has 0 radical (unpaired) electrons. The Morgan fingerprint density at radius 1 is 1.32 bits per heavy atom. The molecular weight excluding hydrogens is 378 g/mol. The molecule has 0 aliphatic carbocycles. The maximum Gasteiger partial charge on any atom is 0.246 e. The van der Waals surface area contributed by atoms with Gasteiger partial charge in [-0.05, 0) is 12.0 Å². The zero-order chi connectivity index (χ0) is 19.9. The quantitative estimate of drug-likeness (QED) is 0.738. The summed E-state index contributed by atoms with van der Waals surface area (Å²) in [6, 6.07) is 7.47. The molecule has 0 spiro atoms. The van der Waals surface area contributed by atoms with Gasteiger partial charge in [0.1, 0.15) is 10.6 Å². The Balaban J connectivity index is 1.69. The van der Waals surface area contributed by atoms with Gasteiger partial charge in [-0.1, -0.05) is 32.0 Å². The Labute approximate surface area is 166 Å². The number of hydrogen-bond acceptors (Lipinski definition) is 5. The van der Waals surface area contributed by atoms with E-state index in [2.05, 4.69) is 18.9 Å². The highest BCUT2D eigenvalue weighted by Crippen LogP contribution is 2.49. The molecule has 28 heavy (non-hydrogen) atoms. The fourth-order valence-electron chi connectivity index (χ4n) is 4.15. The first-order chi connectivity index (χ1) is 13.4. The van der Waals surface area contributed by atoms with Gasteiger partial charge in [-0.15, -0.1) is 0 Å². The predicted octanol–water partition coefficient (Wildman–Crippen LogP) is 2.46. The van der Waals surface area contributed by atoms with Crippen LogP contribution in [0.4, 0.5) is 0 Å². The second-order valence-corrected chi connectivity index (χ2v) is 9.96. The van der Waals surface area contributed by atoms with Crippen molar-refractivity contribution in [3.63, 3.8) is 0 Å². The molecule has 3 atom stereocenters. The molecule has 0 bridgehead atoms. The van der Waals surface area contributed by atoms with Gasteiger partial charge < -0.3 is 9.47 Å². The minimum atomic E-state index is -3.67. The lowest BCUT2D eigenvalue weighted by atomic mass is 9.86. The second-order valence-electron chi connectivity index (χ2n) is 8.07. The third-order valence-electron chi connectivity index (χ3n) is 5.48. The van der Waals surface area contributed by atoms with Gasteiger partial charge in [0.2, 0.25) is 10.0 Å². The third-order valence-corrected chi connectivity index (χ3v) is 7.28. The summed E-state index contributed by atoms with van der Waals surface area (Å²) in [6.45, 7) is 6.33. The Morgan fingerprint density at radius 3 is 2.82 bits per heavy atom. The largest absolute Gasteiger partial charge is 0.493 e. The number of rotatable bonds is 6. The molecule has 7 nitrogen and oxygen atoms in total. The van der Waals surface area contributed by atoms with Gasteiger partial charge in [-0.3, -0.25) is 4.68 Å². The fraction of sp³-hybridized carbons (Fsp3) is 0.550. The number of sulfonamides is 1. The molecule has 1 aromatic heterocycles. The monoisotopic (exact) mass is 405 g/mol. The average Bonchev–Trinajstić information content (AvgIpc) is 3.26. The fourth-order valence-corrected chi connectivity index (χ4v) is 5.85. The van der Waals surface area contributed by atoms with E-state index in [0.29, 0.717) is 32.3 Å². The lowest BCUT2D eigenvalue weighted by molar-refractivity contribution is 0.0563. The predicted molar refractivity (Wildman–Crippen MR) is 104 cm³/mol. The minimum Gasteiger partial charge on any atom is -0.493 e. The molecule has 0 saturated carbocycles. The van der Waals surface area contributed by atoms with Crippen LogP contribution in [0, 0.1) is 17.8 Å². The summed E-state index contributed by atoms with van der Waals surface area (Å²) >= 11 is 0. The molecule has 2 aliphatic rings. The van der Waals surface area contributed by atoms with Crippen LogP contribution >= 0.6 is 0 Å². The van der Waals surface area contributed by atoms with Crippen LogP contribution in [-0.2, 0) is 21.8 Å². The molecular formula is C20H27N3O4S. The van der Waals surface area contributed by atoms with Crippen molar-refractivity contribution in [1.82, 2.24) is 14.1 Å². The van der Waals surface area contributed by atoms with Gasteiger partial charge in [0.05, 0.1) is 25.5 Å². The van der Waals surface area contributed by atoms with Crippen LogP contribution in [0.3, 0.4) is 0 Å². The lowest BCUT2D eigenvalue weighted by Gasteiger charge is -2.33. The Morgan fingerprint density at radius 2 is 2.11 bits per heavy atom. The Bertz CT molecular complexity index is 940. The molecule has 152 valence electrons. The van der Waals surface area contributed by atoms with E-state index in [0.717, 1.165) is 11.3 Å². The molecule has 2 aromatic rings. The van der Waals surface area contributed by atoms with E-state index in [1.54, 1.807) is 17.5 Å². The minimum absolute atomic E-state index is 0.0634. The number of ether oxygens (including phenoxy) is 2. The molecule has 4 rings (SSSR count). The number of benzene rings is 1. The van der Waals surface area contributed by atoms with Crippen LogP contribution in [0.1, 0.15) is 25.5 Å². The van der Waals surface area contributed by atoms with Crippen molar-refractivity contribution in [2.75, 3.05) is 26.4 Å². The summed E-state index contributed by atoms with van der Waals surface area (Å²) in [4.78, 5) is 0.224. The zero-order valence-corrected chi connectivity index (χ0v) is 17.3. The van der Waals surface area contributed by atoms with Gasteiger partial charge in [0, 0.05) is 43.8 Å². The first-order valence-corrected chi connectivity index (χ1v) is 11.1. The highest BCUT2D eigenvalue weighted by Gasteiger charge is 2.51. The van der Waals surface area contributed by atoms with Gasteiger partial charge >= 0.3 is 0 Å². The van der Waals surface area contributed by atoms with Crippen LogP contribution < -0.4 is 4.74 Å². The molecule has 1 saturated heterocycles. The topological polar surface area (TPSA) is 73.7 Å². The number of fused-ring (bicyclic) bond motifs is 3. The highest BCUT2D eigenvalue weighted by atomic mass is 32.2. The molecule has 1 fully saturated rings. The number of nitrogens with zero attached hydrogens (tertiary/aromatic N) is 3. The summed E-state index contributed by atoms with van der Waals surface area (Å²) in [6.07, 6.45) is 2.97. The average molecular weight is 406 g/mol. The van der Waals surface area contributed by atoms with Crippen molar-refractivity contribution in [3.05, 3.63) is 42.2 Å². The van der Waals surface area contributed by atoms with Gasteiger partial charge in [-0.25, -0.2) is 8.42 Å². The molecule has 8 heteroatoms. The molecule has 1 aromatic carbocycles. The molecule has 0 amide bonds. The summed E-state index contributed by atoms with van der Waals surface area (Å²) < 4.78 is 41.9. The Hall–Kier alpha value is -1.90. The lowest BCUT2D eigenvalue weighted by Crippen LogP contribution is -2.35. The summed E-state index contributed by atoms with van der Waals surface area (Å²) in [7, 11) is -1.95. The van der Waals surface area contributed by atoms with Crippen LogP contribution in [-0.4, -0.2) is 48.9 Å². The summed E-state index contributed by atoms with van der Waals surface area (Å²) in [5, 5.41) is 4.05. The van der Waals surface area contributed by atoms with E-state index in [9.17, 15) is 8.42 Å². The SMILES string of the molecule is CC(C)COC[C@@H]1CN(S(=O)(=O)c2cnn(C)c2)[C@H]2c3ccccc3OC[C@@H]12. The van der Waals surface area contributed by atoms with Gasteiger partial charge in [-0.2, -0.15) is 9.40 Å². The first-order valence-electron chi connectivity index (χ1n) is 9.68. The van der Waals surface area contributed by atoms with Crippen molar-refractivity contribution in [1.29, 1.82) is 0 Å². The second kappa shape index (κ2) is 7.50. The number of para-hydroxylation sites is 1. The number of aryl methyl sites for hydroxylation is 1. The molecule has 0 unspecified atom stereocenters. The maximum atomic E-state index is 13.4. The van der Waals surface area contributed by atoms with E-state index >= 15 is 0 Å². The van der Waals surface area contributed by atoms with Crippen LogP contribution in [0.2, 0.25) is 0 Å². The van der Waals surface area contributed by atoms with E-state index in [-0.39, 0.29) is 22.8 Å². The number of hydrogen-bond donors (Lipinski definition) is 0. The van der Waals surface area contributed by atoms with Crippen molar-refractivity contribution >= 4 is 10.0 Å². The smallest absolute Gasteiger partial charge is 0.246 e. The van der Waals surface area contributed by atoms with E-state index in [1.807, 2.05) is 24.3 Å². The third kappa shape index (κ3) is 3.44. The van der Waals surface area contributed by atoms with E-state index < -0.39 is 10.0 Å². The van der Waals surface area contributed by atoms with Crippen LogP contribution in [0.15, 0.2) is 41.6 Å². The molecule has 2 aliphatic heterocycles. The first kappa shape index (κ1) is 19.4. The van der Waals surface area contributed by atoms with Crippen molar-refractivity contribution in [2.45, 2.75) is 24.8 Å². The zero-order valence-electron chi connectivity index (χ0n) is 16.5. The summed E-state index contributed by atoms with van der Waals surface area (Å²) in [5.74, 6) is 1.35. The summed E-state index contributed by atoms with van der Waals surface area (Å²) in [5.41, 5.74) is 0.928.